The van der Waals surface area contributed by atoms with Crippen molar-refractivity contribution in [3.8, 4) is 0 Å². The van der Waals surface area contributed by atoms with Crippen molar-refractivity contribution in [3.05, 3.63) is 0 Å². The maximum atomic E-state index is 13.4. The second-order valence-electron chi connectivity index (χ2n) is 9.99. The van der Waals surface area contributed by atoms with Gasteiger partial charge >= 0.3 is 12.5 Å². The number of ketones is 1. The number of carbonyl (C=O) groups is 4. The molecule has 2 heterocycles. The van der Waals surface area contributed by atoms with Crippen LogP contribution in [0.4, 0.5) is 26.3 Å². The van der Waals surface area contributed by atoms with Gasteiger partial charge in [0.05, 0.1) is 24.5 Å². The van der Waals surface area contributed by atoms with E-state index in [-0.39, 0.29) is 19.4 Å². The molecule has 2 rings (SSSR count). The van der Waals surface area contributed by atoms with Crippen molar-refractivity contribution in [1.82, 2.24) is 20.9 Å². The fourth-order valence-corrected chi connectivity index (χ4v) is 4.18. The Kier molecular flexibility index (Phi) is 9.37. The monoisotopic (exact) mass is 532 g/mol. The molecule has 4 atom stereocenters. The first-order chi connectivity index (χ1) is 16.4. The topological polar surface area (TPSA) is 117 Å². The quantitative estimate of drug-likeness (QED) is 0.385. The lowest BCUT2D eigenvalue weighted by molar-refractivity contribution is -0.321. The van der Waals surface area contributed by atoms with Crippen LogP contribution in [0.1, 0.15) is 40.0 Å². The van der Waals surface area contributed by atoms with Crippen LogP contribution in [0.3, 0.4) is 0 Å². The number of nitrogens with one attached hydrogen (secondary N) is 3. The van der Waals surface area contributed by atoms with Gasteiger partial charge in [0.2, 0.25) is 17.7 Å². The molecule has 0 unspecified atom stereocenters. The van der Waals surface area contributed by atoms with Crippen molar-refractivity contribution in [2.24, 2.45) is 11.8 Å². The number of nitrogens with zero attached hydrogens (tertiary/aromatic N) is 1. The van der Waals surface area contributed by atoms with Crippen LogP contribution in [0.15, 0.2) is 0 Å². The largest absolute Gasteiger partial charge is 0.522 e. The van der Waals surface area contributed by atoms with E-state index in [0.29, 0.717) is 0 Å². The van der Waals surface area contributed by atoms with Crippen molar-refractivity contribution >= 4 is 23.5 Å². The first-order valence-electron chi connectivity index (χ1n) is 11.3. The summed E-state index contributed by atoms with van der Waals surface area (Å²) in [6.45, 7) is 2.62. The minimum absolute atomic E-state index is 0.261. The minimum Gasteiger partial charge on any atom is -0.356 e. The van der Waals surface area contributed by atoms with E-state index in [1.54, 1.807) is 20.8 Å². The Morgan fingerprint density at radius 1 is 1.14 bits per heavy atom. The van der Waals surface area contributed by atoms with Crippen molar-refractivity contribution in [2.75, 3.05) is 26.2 Å². The van der Waals surface area contributed by atoms with Crippen LogP contribution in [0.25, 0.3) is 0 Å². The van der Waals surface area contributed by atoms with Gasteiger partial charge < -0.3 is 16.0 Å². The van der Waals surface area contributed by atoms with Crippen molar-refractivity contribution < 1.29 is 50.3 Å². The molecular weight excluding hydrogens is 502 g/mol. The molecule has 3 N–H and O–H groups in total. The van der Waals surface area contributed by atoms with Gasteiger partial charge in [0, 0.05) is 24.5 Å². The van der Waals surface area contributed by atoms with E-state index in [4.69, 9.17) is 0 Å². The van der Waals surface area contributed by atoms with E-state index >= 15 is 0 Å². The maximum absolute atomic E-state index is 13.4. The van der Waals surface area contributed by atoms with E-state index in [1.807, 2.05) is 0 Å². The highest BCUT2D eigenvalue weighted by Gasteiger charge is 2.50. The summed E-state index contributed by atoms with van der Waals surface area (Å²) in [5.41, 5.74) is -0.685. The number of hydrogen-bond donors (Lipinski definition) is 3. The molecule has 0 radical (unpaired) electrons. The number of rotatable bonds is 9. The van der Waals surface area contributed by atoms with Crippen LogP contribution in [0, 0.1) is 11.8 Å². The van der Waals surface area contributed by atoms with Crippen molar-refractivity contribution in [2.45, 2.75) is 70.2 Å². The fraction of sp³-hybridized carbons (Fsp3) is 0.810. The second kappa shape index (κ2) is 11.3. The molecule has 9 nitrogen and oxygen atoms in total. The molecule has 0 aliphatic carbocycles. The predicted molar refractivity (Wildman–Crippen MR) is 112 cm³/mol. The molecule has 3 amide bonds. The first kappa shape index (κ1) is 29.8. The average molecular weight is 532 g/mol. The molecule has 0 aromatic heterocycles. The minimum atomic E-state index is -5.13. The van der Waals surface area contributed by atoms with Gasteiger partial charge in [-0.3, -0.25) is 28.8 Å². The van der Waals surface area contributed by atoms with E-state index in [0.717, 1.165) is 4.90 Å². The first-order valence-corrected chi connectivity index (χ1v) is 11.3. The summed E-state index contributed by atoms with van der Waals surface area (Å²) in [7, 11) is 0. The van der Waals surface area contributed by atoms with E-state index in [1.165, 1.54) is 0 Å². The van der Waals surface area contributed by atoms with Gasteiger partial charge in [-0.15, -0.1) is 13.2 Å². The summed E-state index contributed by atoms with van der Waals surface area (Å²) >= 11 is 0. The van der Waals surface area contributed by atoms with Crippen LogP contribution in [0.2, 0.25) is 0 Å². The predicted octanol–water partition coefficient (Wildman–Crippen LogP) is 1.27. The van der Waals surface area contributed by atoms with Crippen molar-refractivity contribution in [3.63, 3.8) is 0 Å². The molecule has 2 fully saturated rings. The fourth-order valence-electron chi connectivity index (χ4n) is 4.18. The van der Waals surface area contributed by atoms with Gasteiger partial charge in [0.1, 0.15) is 6.61 Å². The Hall–Kier alpha value is -2.42. The third-order valence-electron chi connectivity index (χ3n) is 5.80. The molecule has 0 aromatic carbocycles. The van der Waals surface area contributed by atoms with Gasteiger partial charge in [0.15, 0.2) is 5.78 Å². The van der Waals surface area contributed by atoms with Crippen LogP contribution in [-0.2, 0) is 23.9 Å². The molecule has 15 heteroatoms. The maximum Gasteiger partial charge on any atom is 0.522 e. The molecular formula is C21H30F6N4O5. The summed E-state index contributed by atoms with van der Waals surface area (Å²) in [5, 5.41) is 7.29. The molecule has 0 spiro atoms. The standard InChI is InChI=1S/C21H30F6N4O5/c1-19(2,3)30-16(33)9-31-8-12(20(22,23)24)7-14(31)18(35)29-13(6-11-4-5-28-17(11)34)15(32)10-36-21(25,26)27/h11-14H,4-10H2,1-3H3,(H,28,34)(H,29,35)(H,30,33)/t11-,12+,13-,14-/m0/s1. The Morgan fingerprint density at radius 3 is 2.28 bits per heavy atom. The molecule has 36 heavy (non-hydrogen) atoms. The highest BCUT2D eigenvalue weighted by Crippen LogP contribution is 2.36. The van der Waals surface area contributed by atoms with Crippen LogP contribution in [0.5, 0.6) is 0 Å². The smallest absolute Gasteiger partial charge is 0.356 e. The normalized spacial score (nSPS) is 24.4. The molecule has 0 aromatic rings. The van der Waals surface area contributed by atoms with E-state index in [2.05, 4.69) is 20.7 Å². The van der Waals surface area contributed by atoms with Crippen molar-refractivity contribution in [1.29, 1.82) is 0 Å². The zero-order chi connectivity index (χ0) is 27.5. The summed E-state index contributed by atoms with van der Waals surface area (Å²) in [4.78, 5) is 50.7. The molecule has 0 bridgehead atoms. The SMILES string of the molecule is CC(C)(C)NC(=O)CN1C[C@H](C(F)(F)F)C[C@H]1C(=O)N[C@@H](C[C@@H]1CCNC1=O)C(=O)COC(F)(F)F. The zero-order valence-corrected chi connectivity index (χ0v) is 20.0. The number of hydrogen-bond acceptors (Lipinski definition) is 6. The Labute approximate surface area is 203 Å². The Bertz CT molecular complexity index is 842. The number of carbonyl (C=O) groups excluding carboxylic acids is 4. The van der Waals surface area contributed by atoms with Gasteiger partial charge in [-0.2, -0.15) is 13.2 Å². The summed E-state index contributed by atoms with van der Waals surface area (Å²) in [6, 6.07) is -3.08. The van der Waals surface area contributed by atoms with Gasteiger partial charge in [-0.25, -0.2) is 0 Å². The zero-order valence-electron chi connectivity index (χ0n) is 20.0. The molecule has 2 aliphatic heterocycles. The lowest BCUT2D eigenvalue weighted by Crippen LogP contribution is -2.53. The average Bonchev–Trinajstić information content (AvgIpc) is 3.29. The van der Waals surface area contributed by atoms with Crippen LogP contribution >= 0.6 is 0 Å². The molecule has 0 saturated carbocycles. The Balaban J connectivity index is 2.19. The lowest BCUT2D eigenvalue weighted by Gasteiger charge is -2.28. The molecule has 206 valence electrons. The number of amides is 3. The summed E-state index contributed by atoms with van der Waals surface area (Å²) in [5.74, 6) is -6.06. The number of alkyl halides is 6. The third kappa shape index (κ3) is 9.22. The second-order valence-corrected chi connectivity index (χ2v) is 9.99. The van der Waals surface area contributed by atoms with Crippen LogP contribution < -0.4 is 16.0 Å². The Morgan fingerprint density at radius 2 is 1.78 bits per heavy atom. The number of ether oxygens (including phenoxy) is 1. The number of Topliss-reactive ketones (excluding diaryl/α,β-unsaturated/α-hetero) is 1. The van der Waals surface area contributed by atoms with Gasteiger partial charge in [-0.1, -0.05) is 0 Å². The number of likely N-dealkylation sites (tertiary alicyclic amines) is 1. The van der Waals surface area contributed by atoms with Crippen LogP contribution in [-0.4, -0.2) is 84.8 Å². The van der Waals surface area contributed by atoms with Gasteiger partial charge in [0.25, 0.3) is 0 Å². The van der Waals surface area contributed by atoms with E-state index < -0.39 is 91.6 Å². The highest BCUT2D eigenvalue weighted by molar-refractivity contribution is 5.92. The van der Waals surface area contributed by atoms with Gasteiger partial charge in [-0.05, 0) is 40.0 Å². The summed E-state index contributed by atoms with van der Waals surface area (Å²) < 4.78 is 81.1. The summed E-state index contributed by atoms with van der Waals surface area (Å²) in [6.07, 6.45) is -10.6. The molecule has 2 aliphatic rings. The lowest BCUT2D eigenvalue weighted by atomic mass is 9.95. The molecule has 2 saturated heterocycles. The van der Waals surface area contributed by atoms with E-state index in [9.17, 15) is 45.5 Å². The third-order valence-corrected chi connectivity index (χ3v) is 5.80. The number of halogens is 6. The highest BCUT2D eigenvalue weighted by atomic mass is 19.4.